The van der Waals surface area contributed by atoms with Crippen LogP contribution in [0, 0.1) is 22.2 Å². The average Bonchev–Trinajstić information content (AvgIpc) is 2.45. The van der Waals surface area contributed by atoms with E-state index in [-0.39, 0.29) is 6.10 Å². The molecule has 102 valence electrons. The van der Waals surface area contributed by atoms with E-state index in [0.717, 1.165) is 12.3 Å². The molecule has 0 aromatic rings. The maximum Gasteiger partial charge on any atom is 0.293 e. The number of ether oxygens (including phenoxy) is 1. The number of carbonyl (C=O) groups excluding carboxylic acids is 1. The minimum Gasteiger partial charge on any atom is -0.464 e. The Morgan fingerprint density at radius 1 is 1.17 bits per heavy atom. The molecule has 0 unspecified atom stereocenters. The average molecular weight is 250 g/mol. The van der Waals surface area contributed by atoms with Crippen molar-refractivity contribution < 1.29 is 9.53 Å². The molecule has 0 amide bonds. The van der Waals surface area contributed by atoms with Crippen molar-refractivity contribution in [3.05, 3.63) is 0 Å². The standard InChI is InChI=1S/C16H26O2/c1-14(2)9-13(18-11-17)16-7-4-6-15(3,10-16)8-5-12(14)16/h11-13H,4-10H2,1-3H3/t12-,13-,15+,16+/m1/s1. The summed E-state index contributed by atoms with van der Waals surface area (Å²) >= 11 is 0. The number of fused-ring (bicyclic) bond motifs is 1. The van der Waals surface area contributed by atoms with Crippen LogP contribution in [0.3, 0.4) is 0 Å². The second-order valence-corrected chi connectivity index (χ2v) is 8.08. The molecule has 3 fully saturated rings. The molecule has 0 aromatic carbocycles. The summed E-state index contributed by atoms with van der Waals surface area (Å²) in [6, 6.07) is 0. The second kappa shape index (κ2) is 3.74. The first-order valence-electron chi connectivity index (χ1n) is 7.51. The van der Waals surface area contributed by atoms with Gasteiger partial charge in [-0.3, -0.25) is 4.79 Å². The van der Waals surface area contributed by atoms with Gasteiger partial charge in [-0.2, -0.15) is 0 Å². The van der Waals surface area contributed by atoms with E-state index in [1.807, 2.05) is 0 Å². The summed E-state index contributed by atoms with van der Waals surface area (Å²) < 4.78 is 5.55. The third kappa shape index (κ3) is 1.57. The molecular formula is C16H26O2. The lowest BCUT2D eigenvalue weighted by Gasteiger charge is -2.55. The molecule has 3 rings (SSSR count). The first-order valence-corrected chi connectivity index (χ1v) is 7.51. The molecule has 2 heteroatoms. The van der Waals surface area contributed by atoms with Crippen LogP contribution in [0.5, 0.6) is 0 Å². The van der Waals surface area contributed by atoms with Crippen LogP contribution in [0.4, 0.5) is 0 Å². The quantitative estimate of drug-likeness (QED) is 0.694. The highest BCUT2D eigenvalue weighted by Gasteiger charge is 2.64. The Labute approximate surface area is 110 Å². The maximum absolute atomic E-state index is 10.9. The molecular weight excluding hydrogens is 224 g/mol. The van der Waals surface area contributed by atoms with Gasteiger partial charge in [0, 0.05) is 5.41 Å². The fourth-order valence-corrected chi connectivity index (χ4v) is 5.85. The Kier molecular flexibility index (Phi) is 2.60. The van der Waals surface area contributed by atoms with E-state index in [0.29, 0.717) is 22.7 Å². The summed E-state index contributed by atoms with van der Waals surface area (Å²) in [5.41, 5.74) is 1.15. The summed E-state index contributed by atoms with van der Waals surface area (Å²) in [5, 5.41) is 0. The van der Waals surface area contributed by atoms with Crippen molar-refractivity contribution in [1.82, 2.24) is 0 Å². The van der Waals surface area contributed by atoms with Crippen LogP contribution in [0.25, 0.3) is 0 Å². The monoisotopic (exact) mass is 250 g/mol. The highest BCUT2D eigenvalue weighted by atomic mass is 16.5. The molecule has 4 atom stereocenters. The Morgan fingerprint density at radius 3 is 2.67 bits per heavy atom. The Balaban J connectivity index is 1.99. The number of rotatable bonds is 2. The summed E-state index contributed by atoms with van der Waals surface area (Å²) in [4.78, 5) is 10.9. The van der Waals surface area contributed by atoms with Crippen molar-refractivity contribution in [2.45, 2.75) is 71.8 Å². The lowest BCUT2D eigenvalue weighted by Crippen LogP contribution is -2.49. The largest absolute Gasteiger partial charge is 0.464 e. The van der Waals surface area contributed by atoms with Crippen LogP contribution in [0.2, 0.25) is 0 Å². The summed E-state index contributed by atoms with van der Waals surface area (Å²) in [5.74, 6) is 0.753. The molecule has 0 aliphatic heterocycles. The highest BCUT2D eigenvalue weighted by Crippen LogP contribution is 2.69. The smallest absolute Gasteiger partial charge is 0.293 e. The van der Waals surface area contributed by atoms with Gasteiger partial charge >= 0.3 is 0 Å². The van der Waals surface area contributed by atoms with Crippen molar-refractivity contribution in [1.29, 1.82) is 0 Å². The molecule has 0 heterocycles. The Bertz CT molecular complexity index is 362. The molecule has 2 nitrogen and oxygen atoms in total. The van der Waals surface area contributed by atoms with Gasteiger partial charge in [0.2, 0.25) is 0 Å². The normalized spacial score (nSPS) is 49.5. The second-order valence-electron chi connectivity index (χ2n) is 8.08. The lowest BCUT2D eigenvalue weighted by molar-refractivity contribution is -0.149. The lowest BCUT2D eigenvalue weighted by atomic mass is 9.50. The zero-order chi connectivity index (χ0) is 13.0. The highest BCUT2D eigenvalue weighted by molar-refractivity contribution is 5.38. The van der Waals surface area contributed by atoms with Crippen LogP contribution >= 0.6 is 0 Å². The van der Waals surface area contributed by atoms with Gasteiger partial charge in [0.15, 0.2) is 0 Å². The first kappa shape index (κ1) is 12.5. The van der Waals surface area contributed by atoms with E-state index in [4.69, 9.17) is 4.74 Å². The van der Waals surface area contributed by atoms with Gasteiger partial charge in [-0.25, -0.2) is 0 Å². The van der Waals surface area contributed by atoms with Gasteiger partial charge in [-0.05, 0) is 55.3 Å². The zero-order valence-corrected chi connectivity index (χ0v) is 12.0. The first-order chi connectivity index (χ1) is 8.42. The van der Waals surface area contributed by atoms with Gasteiger partial charge in [-0.15, -0.1) is 0 Å². The van der Waals surface area contributed by atoms with Crippen LogP contribution in [-0.4, -0.2) is 12.6 Å². The minimum absolute atomic E-state index is 0.176. The third-order valence-corrected chi connectivity index (χ3v) is 6.42. The van der Waals surface area contributed by atoms with E-state index in [1.165, 1.54) is 38.5 Å². The fourth-order valence-electron chi connectivity index (χ4n) is 5.85. The molecule has 3 saturated carbocycles. The SMILES string of the molecule is CC1(C)C[C@@H](OC=O)[C@]23CCC[C@@](C)(CC[C@H]12)C3. The fraction of sp³-hybridized carbons (Fsp3) is 0.938. The predicted molar refractivity (Wildman–Crippen MR) is 71.1 cm³/mol. The Morgan fingerprint density at radius 2 is 1.94 bits per heavy atom. The van der Waals surface area contributed by atoms with Crippen molar-refractivity contribution in [2.75, 3.05) is 0 Å². The summed E-state index contributed by atoms with van der Waals surface area (Å²) in [7, 11) is 0. The topological polar surface area (TPSA) is 26.3 Å². The number of hydrogen-bond acceptors (Lipinski definition) is 2. The van der Waals surface area contributed by atoms with E-state index >= 15 is 0 Å². The molecule has 3 aliphatic carbocycles. The zero-order valence-electron chi connectivity index (χ0n) is 12.0. The maximum atomic E-state index is 10.9. The van der Waals surface area contributed by atoms with Crippen molar-refractivity contribution in [3.8, 4) is 0 Å². The van der Waals surface area contributed by atoms with Gasteiger partial charge in [-0.1, -0.05) is 27.2 Å². The molecule has 0 N–H and O–H groups in total. The number of hydrogen-bond donors (Lipinski definition) is 0. The number of carbonyl (C=O) groups is 1. The molecule has 3 aliphatic rings. The molecule has 0 aromatic heterocycles. The van der Waals surface area contributed by atoms with Crippen molar-refractivity contribution in [3.63, 3.8) is 0 Å². The van der Waals surface area contributed by atoms with Crippen molar-refractivity contribution in [2.24, 2.45) is 22.2 Å². The minimum atomic E-state index is 0.176. The molecule has 0 saturated heterocycles. The van der Waals surface area contributed by atoms with Crippen LogP contribution < -0.4 is 0 Å². The predicted octanol–water partition coefficient (Wildman–Crippen LogP) is 3.93. The Hall–Kier alpha value is -0.530. The van der Waals surface area contributed by atoms with Gasteiger partial charge in [0.1, 0.15) is 6.10 Å². The van der Waals surface area contributed by atoms with E-state index in [9.17, 15) is 4.79 Å². The van der Waals surface area contributed by atoms with E-state index < -0.39 is 0 Å². The molecule has 1 spiro atoms. The van der Waals surface area contributed by atoms with Gasteiger partial charge in [0.25, 0.3) is 6.47 Å². The van der Waals surface area contributed by atoms with Crippen molar-refractivity contribution >= 4 is 6.47 Å². The third-order valence-electron chi connectivity index (χ3n) is 6.42. The van der Waals surface area contributed by atoms with E-state index in [1.54, 1.807) is 0 Å². The van der Waals surface area contributed by atoms with Crippen LogP contribution in [-0.2, 0) is 9.53 Å². The van der Waals surface area contributed by atoms with Gasteiger partial charge < -0.3 is 4.74 Å². The van der Waals surface area contributed by atoms with E-state index in [2.05, 4.69) is 20.8 Å². The van der Waals surface area contributed by atoms with Crippen LogP contribution in [0.15, 0.2) is 0 Å². The molecule has 2 bridgehead atoms. The van der Waals surface area contributed by atoms with Crippen LogP contribution in [0.1, 0.15) is 65.7 Å². The molecule has 18 heavy (non-hydrogen) atoms. The molecule has 0 radical (unpaired) electrons. The summed E-state index contributed by atoms with van der Waals surface area (Å²) in [6.07, 6.45) is 9.19. The van der Waals surface area contributed by atoms with Gasteiger partial charge in [0.05, 0.1) is 0 Å². The summed E-state index contributed by atoms with van der Waals surface area (Å²) in [6.45, 7) is 7.90.